The number of carbonyl (C=O) groups excluding carboxylic acids is 1. The summed E-state index contributed by atoms with van der Waals surface area (Å²) in [5.41, 5.74) is 2.34. The normalized spacial score (nSPS) is 18.8. The molecule has 1 unspecified atom stereocenters. The summed E-state index contributed by atoms with van der Waals surface area (Å²) in [4.78, 5) is 11.8. The van der Waals surface area contributed by atoms with E-state index in [-0.39, 0.29) is 24.4 Å². The highest BCUT2D eigenvalue weighted by molar-refractivity contribution is 5.85. The third-order valence-electron chi connectivity index (χ3n) is 2.83. The van der Waals surface area contributed by atoms with Gasteiger partial charge in [0.25, 0.3) is 0 Å². The smallest absolute Gasteiger partial charge is 0.239 e. The van der Waals surface area contributed by atoms with Gasteiger partial charge in [-0.05, 0) is 12.5 Å². The van der Waals surface area contributed by atoms with E-state index >= 15 is 0 Å². The van der Waals surface area contributed by atoms with Crippen LogP contribution in [0.4, 0.5) is 0 Å². The Hall–Kier alpha value is -1.10. The summed E-state index contributed by atoms with van der Waals surface area (Å²) in [6.07, 6.45) is 0. The minimum absolute atomic E-state index is 0. The SMILES string of the molecule is Cc1ccc(CNC(=O)C2COCCN2)cc1.Cl. The van der Waals surface area contributed by atoms with Crippen LogP contribution in [0.25, 0.3) is 0 Å². The largest absolute Gasteiger partial charge is 0.378 e. The van der Waals surface area contributed by atoms with Gasteiger partial charge in [-0.3, -0.25) is 4.79 Å². The molecule has 5 heteroatoms. The van der Waals surface area contributed by atoms with E-state index in [1.54, 1.807) is 0 Å². The zero-order chi connectivity index (χ0) is 12.1. The molecule has 18 heavy (non-hydrogen) atoms. The van der Waals surface area contributed by atoms with Crippen molar-refractivity contribution in [2.45, 2.75) is 19.5 Å². The summed E-state index contributed by atoms with van der Waals surface area (Å²) in [6, 6.07) is 7.93. The Labute approximate surface area is 114 Å². The average molecular weight is 271 g/mol. The van der Waals surface area contributed by atoms with E-state index in [1.165, 1.54) is 5.56 Å². The molecule has 1 aliphatic rings. The van der Waals surface area contributed by atoms with Crippen molar-refractivity contribution in [2.75, 3.05) is 19.8 Å². The third kappa shape index (κ3) is 4.29. The summed E-state index contributed by atoms with van der Waals surface area (Å²) in [5, 5.41) is 6.03. The second-order valence-electron chi connectivity index (χ2n) is 4.29. The third-order valence-corrected chi connectivity index (χ3v) is 2.83. The lowest BCUT2D eigenvalue weighted by atomic mass is 10.1. The van der Waals surface area contributed by atoms with Crippen LogP contribution in [0.1, 0.15) is 11.1 Å². The molecule has 0 aliphatic carbocycles. The maximum Gasteiger partial charge on any atom is 0.239 e. The summed E-state index contributed by atoms with van der Waals surface area (Å²) in [5.74, 6) is 0.00488. The molecular weight excluding hydrogens is 252 g/mol. The Bertz CT molecular complexity index is 375. The van der Waals surface area contributed by atoms with E-state index in [0.717, 1.165) is 12.1 Å². The molecule has 1 saturated heterocycles. The summed E-state index contributed by atoms with van der Waals surface area (Å²) in [6.45, 7) is 4.49. The number of morpholine rings is 1. The van der Waals surface area contributed by atoms with E-state index in [9.17, 15) is 4.79 Å². The fourth-order valence-electron chi connectivity index (χ4n) is 1.75. The number of benzene rings is 1. The lowest BCUT2D eigenvalue weighted by Crippen LogP contribution is -2.51. The average Bonchev–Trinajstić information content (AvgIpc) is 2.39. The molecule has 1 aliphatic heterocycles. The maximum absolute atomic E-state index is 11.8. The Morgan fingerprint density at radius 3 is 2.78 bits per heavy atom. The molecule has 1 aromatic carbocycles. The number of rotatable bonds is 3. The number of halogens is 1. The van der Waals surface area contributed by atoms with E-state index in [1.807, 2.05) is 31.2 Å². The van der Waals surface area contributed by atoms with Crippen LogP contribution in [0, 0.1) is 6.92 Å². The lowest BCUT2D eigenvalue weighted by Gasteiger charge is -2.22. The van der Waals surface area contributed by atoms with Crippen molar-refractivity contribution in [1.82, 2.24) is 10.6 Å². The number of hydrogen-bond donors (Lipinski definition) is 2. The zero-order valence-electron chi connectivity index (χ0n) is 10.4. The van der Waals surface area contributed by atoms with E-state index < -0.39 is 0 Å². The molecule has 0 aromatic heterocycles. The van der Waals surface area contributed by atoms with Gasteiger partial charge < -0.3 is 15.4 Å². The standard InChI is InChI=1S/C13H18N2O2.ClH/c1-10-2-4-11(5-3-10)8-15-13(16)12-9-17-7-6-14-12;/h2-5,12,14H,6-9H2,1H3,(H,15,16);1H. The van der Waals surface area contributed by atoms with Gasteiger partial charge in [0.2, 0.25) is 5.91 Å². The minimum Gasteiger partial charge on any atom is -0.378 e. The van der Waals surface area contributed by atoms with Crippen molar-refractivity contribution >= 4 is 18.3 Å². The van der Waals surface area contributed by atoms with Gasteiger partial charge in [-0.15, -0.1) is 12.4 Å². The van der Waals surface area contributed by atoms with Crippen molar-refractivity contribution in [2.24, 2.45) is 0 Å². The van der Waals surface area contributed by atoms with Crippen LogP contribution >= 0.6 is 12.4 Å². The van der Waals surface area contributed by atoms with Crippen LogP contribution in [0.2, 0.25) is 0 Å². The second kappa shape index (κ2) is 7.36. The molecule has 0 bridgehead atoms. The highest BCUT2D eigenvalue weighted by atomic mass is 35.5. The molecule has 0 saturated carbocycles. The fraction of sp³-hybridized carbons (Fsp3) is 0.462. The van der Waals surface area contributed by atoms with Gasteiger partial charge in [0.1, 0.15) is 6.04 Å². The predicted octanol–water partition coefficient (Wildman–Crippen LogP) is 1.02. The Kier molecular flexibility index (Phi) is 6.12. The van der Waals surface area contributed by atoms with Crippen LogP contribution < -0.4 is 10.6 Å². The van der Waals surface area contributed by atoms with Crippen LogP contribution in [0.3, 0.4) is 0 Å². The number of nitrogens with one attached hydrogen (secondary N) is 2. The number of carbonyl (C=O) groups is 1. The summed E-state index contributed by atoms with van der Waals surface area (Å²) in [7, 11) is 0. The second-order valence-corrected chi connectivity index (χ2v) is 4.29. The Morgan fingerprint density at radius 2 is 2.17 bits per heavy atom. The molecule has 1 amide bonds. The molecule has 4 nitrogen and oxygen atoms in total. The van der Waals surface area contributed by atoms with E-state index in [4.69, 9.17) is 4.74 Å². The number of aryl methyl sites for hydroxylation is 1. The quantitative estimate of drug-likeness (QED) is 0.862. The van der Waals surface area contributed by atoms with Crippen molar-refractivity contribution < 1.29 is 9.53 Å². The predicted molar refractivity (Wildman–Crippen MR) is 72.9 cm³/mol. The monoisotopic (exact) mass is 270 g/mol. The zero-order valence-corrected chi connectivity index (χ0v) is 11.3. The number of hydrogen-bond acceptors (Lipinski definition) is 3. The van der Waals surface area contributed by atoms with Gasteiger partial charge in [-0.1, -0.05) is 29.8 Å². The summed E-state index contributed by atoms with van der Waals surface area (Å²) < 4.78 is 5.25. The molecule has 1 heterocycles. The van der Waals surface area contributed by atoms with Crippen molar-refractivity contribution in [3.8, 4) is 0 Å². The van der Waals surface area contributed by atoms with Gasteiger partial charge in [-0.2, -0.15) is 0 Å². The highest BCUT2D eigenvalue weighted by Crippen LogP contribution is 2.03. The fourth-order valence-corrected chi connectivity index (χ4v) is 1.75. The van der Waals surface area contributed by atoms with E-state index in [0.29, 0.717) is 19.8 Å². The van der Waals surface area contributed by atoms with Gasteiger partial charge in [0, 0.05) is 13.1 Å². The molecule has 0 spiro atoms. The Balaban J connectivity index is 0.00000162. The van der Waals surface area contributed by atoms with E-state index in [2.05, 4.69) is 10.6 Å². The van der Waals surface area contributed by atoms with Crippen molar-refractivity contribution in [3.63, 3.8) is 0 Å². The van der Waals surface area contributed by atoms with Crippen molar-refractivity contribution in [3.05, 3.63) is 35.4 Å². The van der Waals surface area contributed by atoms with Gasteiger partial charge in [0.15, 0.2) is 0 Å². The maximum atomic E-state index is 11.8. The van der Waals surface area contributed by atoms with Gasteiger partial charge in [0.05, 0.1) is 13.2 Å². The molecule has 1 aromatic rings. The first-order valence-electron chi connectivity index (χ1n) is 5.90. The first-order valence-corrected chi connectivity index (χ1v) is 5.90. The molecule has 100 valence electrons. The molecule has 2 N–H and O–H groups in total. The minimum atomic E-state index is -0.214. The van der Waals surface area contributed by atoms with Crippen molar-refractivity contribution in [1.29, 1.82) is 0 Å². The molecule has 2 rings (SSSR count). The molecule has 1 fully saturated rings. The molecular formula is C13H19ClN2O2. The Morgan fingerprint density at radius 1 is 1.44 bits per heavy atom. The van der Waals surface area contributed by atoms with Crippen LogP contribution in [0.15, 0.2) is 24.3 Å². The number of ether oxygens (including phenoxy) is 1. The lowest BCUT2D eigenvalue weighted by molar-refractivity contribution is -0.126. The van der Waals surface area contributed by atoms with Gasteiger partial charge >= 0.3 is 0 Å². The molecule has 0 radical (unpaired) electrons. The van der Waals surface area contributed by atoms with Gasteiger partial charge in [-0.25, -0.2) is 0 Å². The van der Waals surface area contributed by atoms with Crippen LogP contribution in [-0.4, -0.2) is 31.7 Å². The number of amides is 1. The topological polar surface area (TPSA) is 50.4 Å². The summed E-state index contributed by atoms with van der Waals surface area (Å²) >= 11 is 0. The first-order chi connectivity index (χ1) is 8.25. The van der Waals surface area contributed by atoms with Crippen LogP contribution in [0.5, 0.6) is 0 Å². The first kappa shape index (κ1) is 15.0. The van der Waals surface area contributed by atoms with Crippen LogP contribution in [-0.2, 0) is 16.1 Å². The molecule has 1 atom stereocenters. The highest BCUT2D eigenvalue weighted by Gasteiger charge is 2.20.